The normalized spacial score (nSPS) is 15.5. The molecule has 0 spiro atoms. The van der Waals surface area contributed by atoms with E-state index in [2.05, 4.69) is 51.9 Å². The summed E-state index contributed by atoms with van der Waals surface area (Å²) in [5.41, 5.74) is 0.414. The van der Waals surface area contributed by atoms with E-state index < -0.39 is 0 Å². The Kier molecular flexibility index (Phi) is 8.89. The summed E-state index contributed by atoms with van der Waals surface area (Å²) in [5.74, 6) is 0.744. The summed E-state index contributed by atoms with van der Waals surface area (Å²) in [6.07, 6.45) is 3.85. The number of nitrogens with zero attached hydrogens (tertiary/aromatic N) is 1. The Labute approximate surface area is 109 Å². The highest BCUT2D eigenvalue weighted by Crippen LogP contribution is 2.21. The molecule has 1 N–H and O–H groups in total. The van der Waals surface area contributed by atoms with Crippen molar-refractivity contribution in [1.82, 2.24) is 10.2 Å². The predicted octanol–water partition coefficient (Wildman–Crippen LogP) is 3.38. The quantitative estimate of drug-likeness (QED) is 0.632. The Morgan fingerprint density at radius 2 is 1.88 bits per heavy atom. The molecule has 17 heavy (non-hydrogen) atoms. The van der Waals surface area contributed by atoms with Gasteiger partial charge in [0.05, 0.1) is 0 Å². The van der Waals surface area contributed by atoms with Crippen molar-refractivity contribution in [3.05, 3.63) is 0 Å². The van der Waals surface area contributed by atoms with Gasteiger partial charge in [-0.2, -0.15) is 0 Å². The number of hydrogen-bond donors (Lipinski definition) is 1. The van der Waals surface area contributed by atoms with Gasteiger partial charge in [-0.1, -0.05) is 41.0 Å². The molecule has 0 aliphatic carbocycles. The zero-order valence-electron chi connectivity index (χ0n) is 13.0. The van der Waals surface area contributed by atoms with Gasteiger partial charge in [-0.25, -0.2) is 0 Å². The monoisotopic (exact) mass is 242 g/mol. The Morgan fingerprint density at radius 1 is 1.24 bits per heavy atom. The van der Waals surface area contributed by atoms with Crippen LogP contribution in [0.4, 0.5) is 0 Å². The summed E-state index contributed by atoms with van der Waals surface area (Å²) < 4.78 is 0. The predicted molar refractivity (Wildman–Crippen MR) is 78.5 cm³/mol. The maximum Gasteiger partial charge on any atom is 0.00443 e. The fourth-order valence-electron chi connectivity index (χ4n) is 2.11. The number of rotatable bonds is 10. The topological polar surface area (TPSA) is 15.3 Å². The molecule has 1 unspecified atom stereocenters. The first-order chi connectivity index (χ1) is 7.93. The van der Waals surface area contributed by atoms with Crippen LogP contribution in [0.5, 0.6) is 0 Å². The first-order valence-corrected chi connectivity index (χ1v) is 7.32. The standard InChI is InChI=1S/C15H34N2/c1-7-9-10-17(6)13-15(5,8-2)12-16-11-14(3)4/h14,16H,7-13H2,1-6H3. The third-order valence-electron chi connectivity index (χ3n) is 3.50. The minimum absolute atomic E-state index is 0.414. The molecular formula is C15H34N2. The van der Waals surface area contributed by atoms with Crippen LogP contribution in [0.15, 0.2) is 0 Å². The van der Waals surface area contributed by atoms with Crippen LogP contribution in [0.2, 0.25) is 0 Å². The van der Waals surface area contributed by atoms with Crippen LogP contribution in [-0.4, -0.2) is 38.1 Å². The van der Waals surface area contributed by atoms with E-state index in [9.17, 15) is 0 Å². The highest BCUT2D eigenvalue weighted by atomic mass is 15.1. The van der Waals surface area contributed by atoms with Gasteiger partial charge in [-0.05, 0) is 44.3 Å². The Balaban J connectivity index is 3.98. The molecule has 0 saturated carbocycles. The fourth-order valence-corrected chi connectivity index (χ4v) is 2.11. The zero-order valence-corrected chi connectivity index (χ0v) is 13.0. The van der Waals surface area contributed by atoms with Crippen LogP contribution in [0.1, 0.15) is 53.9 Å². The molecular weight excluding hydrogens is 208 g/mol. The summed E-state index contributed by atoms with van der Waals surface area (Å²) in [6.45, 7) is 16.2. The molecule has 2 heteroatoms. The van der Waals surface area contributed by atoms with Crippen molar-refractivity contribution in [1.29, 1.82) is 0 Å². The van der Waals surface area contributed by atoms with Gasteiger partial charge in [0, 0.05) is 13.1 Å². The maximum atomic E-state index is 3.61. The smallest absolute Gasteiger partial charge is 0.00443 e. The molecule has 0 amide bonds. The molecule has 0 aliphatic heterocycles. The summed E-state index contributed by atoms with van der Waals surface area (Å²) in [5, 5.41) is 3.61. The minimum atomic E-state index is 0.414. The second kappa shape index (κ2) is 8.93. The number of nitrogens with one attached hydrogen (secondary N) is 1. The molecule has 0 bridgehead atoms. The molecule has 0 saturated heterocycles. The summed E-state index contributed by atoms with van der Waals surface area (Å²) >= 11 is 0. The Bertz CT molecular complexity index is 180. The van der Waals surface area contributed by atoms with Gasteiger partial charge < -0.3 is 10.2 Å². The first kappa shape index (κ1) is 16.9. The largest absolute Gasteiger partial charge is 0.316 e. The van der Waals surface area contributed by atoms with Gasteiger partial charge in [0.25, 0.3) is 0 Å². The van der Waals surface area contributed by atoms with Crippen LogP contribution < -0.4 is 5.32 Å². The second-order valence-corrected chi connectivity index (χ2v) is 6.28. The SMILES string of the molecule is CCCCN(C)CC(C)(CC)CNCC(C)C. The van der Waals surface area contributed by atoms with E-state index in [0.29, 0.717) is 5.41 Å². The van der Waals surface area contributed by atoms with Gasteiger partial charge in [-0.15, -0.1) is 0 Å². The molecule has 1 atom stereocenters. The van der Waals surface area contributed by atoms with Gasteiger partial charge in [0.2, 0.25) is 0 Å². The lowest BCUT2D eigenvalue weighted by molar-refractivity contribution is 0.177. The summed E-state index contributed by atoms with van der Waals surface area (Å²) in [7, 11) is 2.26. The molecule has 2 nitrogen and oxygen atoms in total. The third kappa shape index (κ3) is 8.62. The van der Waals surface area contributed by atoms with E-state index in [-0.39, 0.29) is 0 Å². The van der Waals surface area contributed by atoms with Crippen LogP contribution in [0.3, 0.4) is 0 Å². The molecule has 0 aromatic rings. The van der Waals surface area contributed by atoms with Crippen LogP contribution in [0, 0.1) is 11.3 Å². The minimum Gasteiger partial charge on any atom is -0.316 e. The van der Waals surface area contributed by atoms with E-state index in [1.807, 2.05) is 0 Å². The summed E-state index contributed by atoms with van der Waals surface area (Å²) in [4.78, 5) is 2.49. The molecule has 104 valence electrons. The average molecular weight is 242 g/mol. The van der Waals surface area contributed by atoms with Crippen molar-refractivity contribution in [3.63, 3.8) is 0 Å². The molecule has 0 aliphatic rings. The lowest BCUT2D eigenvalue weighted by atomic mass is 9.86. The fraction of sp³-hybridized carbons (Fsp3) is 1.00. The first-order valence-electron chi connectivity index (χ1n) is 7.32. The molecule has 0 rings (SSSR count). The van der Waals surface area contributed by atoms with E-state index in [0.717, 1.165) is 19.0 Å². The number of hydrogen-bond acceptors (Lipinski definition) is 2. The zero-order chi connectivity index (χ0) is 13.3. The van der Waals surface area contributed by atoms with Crippen LogP contribution >= 0.6 is 0 Å². The van der Waals surface area contributed by atoms with Crippen LogP contribution in [0.25, 0.3) is 0 Å². The van der Waals surface area contributed by atoms with E-state index in [1.165, 1.54) is 32.4 Å². The molecule has 0 aromatic heterocycles. The highest BCUT2D eigenvalue weighted by Gasteiger charge is 2.23. The van der Waals surface area contributed by atoms with Crippen molar-refractivity contribution < 1.29 is 0 Å². The van der Waals surface area contributed by atoms with E-state index in [4.69, 9.17) is 0 Å². The molecule has 0 radical (unpaired) electrons. The van der Waals surface area contributed by atoms with Crippen molar-refractivity contribution in [2.75, 3.05) is 33.2 Å². The third-order valence-corrected chi connectivity index (χ3v) is 3.50. The number of unbranched alkanes of at least 4 members (excludes halogenated alkanes) is 1. The second-order valence-electron chi connectivity index (χ2n) is 6.28. The average Bonchev–Trinajstić information content (AvgIpc) is 2.25. The lowest BCUT2D eigenvalue weighted by Gasteiger charge is -2.33. The van der Waals surface area contributed by atoms with Crippen molar-refractivity contribution in [2.24, 2.45) is 11.3 Å². The summed E-state index contributed by atoms with van der Waals surface area (Å²) in [6, 6.07) is 0. The van der Waals surface area contributed by atoms with Gasteiger partial charge in [0.1, 0.15) is 0 Å². The van der Waals surface area contributed by atoms with Crippen molar-refractivity contribution >= 4 is 0 Å². The van der Waals surface area contributed by atoms with E-state index in [1.54, 1.807) is 0 Å². The van der Waals surface area contributed by atoms with Crippen molar-refractivity contribution in [3.8, 4) is 0 Å². The molecule has 0 fully saturated rings. The van der Waals surface area contributed by atoms with Crippen molar-refractivity contribution in [2.45, 2.75) is 53.9 Å². The van der Waals surface area contributed by atoms with Gasteiger partial charge in [0.15, 0.2) is 0 Å². The Morgan fingerprint density at radius 3 is 2.35 bits per heavy atom. The van der Waals surface area contributed by atoms with E-state index >= 15 is 0 Å². The lowest BCUT2D eigenvalue weighted by Crippen LogP contribution is -2.41. The van der Waals surface area contributed by atoms with Crippen LogP contribution in [-0.2, 0) is 0 Å². The maximum absolute atomic E-state index is 3.61. The Hall–Kier alpha value is -0.0800. The highest BCUT2D eigenvalue weighted by molar-refractivity contribution is 4.79. The van der Waals surface area contributed by atoms with Gasteiger partial charge >= 0.3 is 0 Å². The molecule has 0 heterocycles. The molecule has 0 aromatic carbocycles. The van der Waals surface area contributed by atoms with Gasteiger partial charge in [-0.3, -0.25) is 0 Å².